The third-order valence-corrected chi connectivity index (χ3v) is 8.40. The minimum Gasteiger partial charge on any atom is -0.351 e. The zero-order chi connectivity index (χ0) is 28.5. The van der Waals surface area contributed by atoms with Gasteiger partial charge in [0.1, 0.15) is 11.7 Å². The van der Waals surface area contributed by atoms with Crippen LogP contribution in [0.3, 0.4) is 0 Å². The fraction of sp³-hybridized carbons (Fsp3) is 0.265. The fourth-order valence-electron chi connectivity index (χ4n) is 6.26. The third-order valence-electron chi connectivity index (χ3n) is 8.40. The normalized spacial score (nSPS) is 17.0. The lowest BCUT2D eigenvalue weighted by Gasteiger charge is -2.32. The largest absolute Gasteiger partial charge is 0.351 e. The summed E-state index contributed by atoms with van der Waals surface area (Å²) in [6.07, 6.45) is 5.86. The predicted molar refractivity (Wildman–Crippen MR) is 161 cm³/mol. The van der Waals surface area contributed by atoms with Gasteiger partial charge in [-0.3, -0.25) is 9.59 Å². The van der Waals surface area contributed by atoms with Crippen LogP contribution in [0.5, 0.6) is 0 Å². The van der Waals surface area contributed by atoms with Gasteiger partial charge in [-0.1, -0.05) is 103 Å². The van der Waals surface area contributed by atoms with Crippen LogP contribution in [0.15, 0.2) is 91.0 Å². The van der Waals surface area contributed by atoms with Crippen LogP contribution >= 0.6 is 0 Å². The zero-order valence-corrected chi connectivity index (χ0v) is 23.3. The number of carbonyl (C=O) groups excluding carboxylic acids is 2. The molecule has 3 heterocycles. The van der Waals surface area contributed by atoms with Crippen molar-refractivity contribution in [2.24, 2.45) is 0 Å². The Balaban J connectivity index is 1.41. The lowest BCUT2D eigenvalue weighted by Crippen LogP contribution is -2.47. The molecule has 210 valence electrons. The molecular weight excluding hydrogens is 524 g/mol. The molecule has 1 aliphatic heterocycles. The average Bonchev–Trinajstić information content (AvgIpc) is 3.45. The number of nitrogens with one attached hydrogen (secondary N) is 1. The van der Waals surface area contributed by atoms with Crippen molar-refractivity contribution in [2.45, 2.75) is 50.6 Å². The van der Waals surface area contributed by atoms with Gasteiger partial charge in [0.05, 0.1) is 5.52 Å². The van der Waals surface area contributed by atoms with Crippen molar-refractivity contribution in [3.05, 3.63) is 108 Å². The molecule has 2 aromatic heterocycles. The lowest BCUT2D eigenvalue weighted by molar-refractivity contribution is -0.126. The Hall–Kier alpha value is -4.85. The second-order valence-corrected chi connectivity index (χ2v) is 11.1. The molecule has 2 aliphatic rings. The molecule has 1 atom stereocenters. The summed E-state index contributed by atoms with van der Waals surface area (Å²) in [4.78, 5) is 35.7. The molecule has 0 bridgehead atoms. The Labute approximate surface area is 244 Å². The van der Waals surface area contributed by atoms with E-state index in [1.54, 1.807) is 4.90 Å². The second kappa shape index (κ2) is 11.2. The molecule has 0 radical (unpaired) electrons. The van der Waals surface area contributed by atoms with E-state index in [9.17, 15) is 9.59 Å². The van der Waals surface area contributed by atoms with Gasteiger partial charge in [-0.2, -0.15) is 4.68 Å². The number of benzene rings is 3. The molecule has 2 amide bonds. The molecule has 7 rings (SSSR count). The van der Waals surface area contributed by atoms with Crippen LogP contribution in [0.4, 0.5) is 0 Å². The summed E-state index contributed by atoms with van der Waals surface area (Å²) < 4.78 is 1.54. The van der Waals surface area contributed by atoms with Crippen LogP contribution < -0.4 is 5.32 Å². The number of rotatable bonds is 6. The Morgan fingerprint density at radius 3 is 2.38 bits per heavy atom. The topological polar surface area (TPSA) is 93.0 Å². The van der Waals surface area contributed by atoms with Gasteiger partial charge in [-0.05, 0) is 37.0 Å². The summed E-state index contributed by atoms with van der Waals surface area (Å²) in [5, 5.41) is 13.2. The van der Waals surface area contributed by atoms with Gasteiger partial charge < -0.3 is 10.2 Å². The van der Waals surface area contributed by atoms with E-state index >= 15 is 0 Å². The highest BCUT2D eigenvalue weighted by atomic mass is 16.2. The number of amides is 2. The van der Waals surface area contributed by atoms with E-state index in [1.165, 1.54) is 11.1 Å². The van der Waals surface area contributed by atoms with Crippen molar-refractivity contribution in [3.8, 4) is 17.1 Å². The SMILES string of the molecule is O=C(NC1CCCCC1)C1c2cc3ccccc3nc2-n2nnc(-c3ccccc3)c2C(=O)N1CCc1ccccc1. The minimum atomic E-state index is -0.874. The van der Waals surface area contributed by atoms with Crippen LogP contribution in [-0.2, 0) is 11.2 Å². The average molecular weight is 557 g/mol. The molecule has 0 spiro atoms. The summed E-state index contributed by atoms with van der Waals surface area (Å²) in [6, 6.07) is 28.6. The summed E-state index contributed by atoms with van der Waals surface area (Å²) in [7, 11) is 0. The van der Waals surface area contributed by atoms with E-state index < -0.39 is 6.04 Å². The molecule has 0 saturated heterocycles. The smallest absolute Gasteiger partial charge is 0.275 e. The quantitative estimate of drug-likeness (QED) is 0.291. The lowest BCUT2D eigenvalue weighted by atomic mass is 9.94. The molecule has 42 heavy (non-hydrogen) atoms. The maximum Gasteiger partial charge on any atom is 0.275 e. The van der Waals surface area contributed by atoms with Crippen LogP contribution in [0.25, 0.3) is 28.0 Å². The first-order chi connectivity index (χ1) is 20.7. The Bertz CT molecular complexity index is 1740. The fourth-order valence-corrected chi connectivity index (χ4v) is 6.26. The molecule has 1 aliphatic carbocycles. The monoisotopic (exact) mass is 556 g/mol. The zero-order valence-electron chi connectivity index (χ0n) is 23.3. The molecule has 5 aromatic rings. The molecule has 1 fully saturated rings. The van der Waals surface area contributed by atoms with Crippen LogP contribution in [0.1, 0.15) is 59.8 Å². The number of carbonyl (C=O) groups is 2. The maximum atomic E-state index is 14.7. The molecule has 8 nitrogen and oxygen atoms in total. The van der Waals surface area contributed by atoms with Crippen LogP contribution in [0.2, 0.25) is 0 Å². The van der Waals surface area contributed by atoms with Gasteiger partial charge >= 0.3 is 0 Å². The van der Waals surface area contributed by atoms with E-state index in [0.717, 1.165) is 47.7 Å². The van der Waals surface area contributed by atoms with Gasteiger partial charge in [0.25, 0.3) is 5.91 Å². The summed E-state index contributed by atoms with van der Waals surface area (Å²) in [6.45, 7) is 0.345. The van der Waals surface area contributed by atoms with Crippen molar-refractivity contribution in [3.63, 3.8) is 0 Å². The number of aromatic nitrogens is 4. The number of hydrogen-bond donors (Lipinski definition) is 1. The highest BCUT2D eigenvalue weighted by molar-refractivity contribution is 6.03. The van der Waals surface area contributed by atoms with Gasteiger partial charge in [-0.25, -0.2) is 4.98 Å². The number of hydrogen-bond acceptors (Lipinski definition) is 5. The Morgan fingerprint density at radius 2 is 1.60 bits per heavy atom. The van der Waals surface area contributed by atoms with E-state index in [1.807, 2.05) is 91.0 Å². The van der Waals surface area contributed by atoms with E-state index in [0.29, 0.717) is 35.7 Å². The van der Waals surface area contributed by atoms with E-state index in [-0.39, 0.29) is 17.9 Å². The Morgan fingerprint density at radius 1 is 0.881 bits per heavy atom. The first-order valence-corrected chi connectivity index (χ1v) is 14.7. The van der Waals surface area contributed by atoms with Crippen LogP contribution in [-0.4, -0.2) is 49.3 Å². The number of para-hydroxylation sites is 1. The van der Waals surface area contributed by atoms with Crippen molar-refractivity contribution in [1.29, 1.82) is 0 Å². The summed E-state index contributed by atoms with van der Waals surface area (Å²) in [5.74, 6) is -0.0139. The third kappa shape index (κ3) is 4.83. The van der Waals surface area contributed by atoms with Crippen molar-refractivity contribution < 1.29 is 9.59 Å². The van der Waals surface area contributed by atoms with Crippen molar-refractivity contribution >= 4 is 22.7 Å². The highest BCUT2D eigenvalue weighted by Gasteiger charge is 2.42. The molecule has 1 unspecified atom stereocenters. The second-order valence-electron chi connectivity index (χ2n) is 11.1. The summed E-state index contributed by atoms with van der Waals surface area (Å²) in [5.41, 5.74) is 4.06. The van der Waals surface area contributed by atoms with E-state index in [4.69, 9.17) is 4.98 Å². The number of nitrogens with zero attached hydrogens (tertiary/aromatic N) is 5. The maximum absolute atomic E-state index is 14.7. The van der Waals surface area contributed by atoms with E-state index in [2.05, 4.69) is 15.6 Å². The first kappa shape index (κ1) is 26.1. The van der Waals surface area contributed by atoms with Crippen molar-refractivity contribution in [2.75, 3.05) is 6.54 Å². The van der Waals surface area contributed by atoms with Gasteiger partial charge in [0.2, 0.25) is 5.91 Å². The van der Waals surface area contributed by atoms with Gasteiger partial charge in [0, 0.05) is 29.1 Å². The molecule has 1 N–H and O–H groups in total. The molecular formula is C34H32N6O2. The molecule has 8 heteroatoms. The number of pyridine rings is 1. The Kier molecular flexibility index (Phi) is 6.95. The number of fused-ring (bicyclic) bond motifs is 4. The highest BCUT2D eigenvalue weighted by Crippen LogP contribution is 2.37. The predicted octanol–water partition coefficient (Wildman–Crippen LogP) is 5.67. The van der Waals surface area contributed by atoms with Gasteiger partial charge in [0.15, 0.2) is 11.5 Å². The standard InChI is InChI=1S/C34H32N6O2/c41-33(35-26-17-8-3-9-18-26)30-27-22-25-16-10-11-19-28(25)36-32(27)40-31(29(37-38-40)24-14-6-2-7-15-24)34(42)39(30)21-20-23-12-4-1-5-13-23/h1-2,4-7,10-16,19,22,26,30H,3,8-9,17-18,20-21H2,(H,35,41). The first-order valence-electron chi connectivity index (χ1n) is 14.7. The van der Waals surface area contributed by atoms with Crippen LogP contribution in [0, 0.1) is 0 Å². The van der Waals surface area contributed by atoms with Gasteiger partial charge in [-0.15, -0.1) is 5.10 Å². The minimum absolute atomic E-state index is 0.0935. The van der Waals surface area contributed by atoms with Crippen molar-refractivity contribution in [1.82, 2.24) is 30.2 Å². The summed E-state index contributed by atoms with van der Waals surface area (Å²) >= 11 is 0. The molecule has 3 aromatic carbocycles. The molecule has 1 saturated carbocycles.